The summed E-state index contributed by atoms with van der Waals surface area (Å²) < 4.78 is 5.98. The number of aryl methyl sites for hydroxylation is 2. The molecule has 2 rings (SSSR count). The maximum Gasteiger partial charge on any atom is 0.265 e. The van der Waals surface area contributed by atoms with Gasteiger partial charge in [0.15, 0.2) is 6.10 Å². The first-order chi connectivity index (χ1) is 13.3. The molecule has 2 aromatic carbocycles. The number of nitrogens with one attached hydrogen (secondary N) is 2. The summed E-state index contributed by atoms with van der Waals surface area (Å²) in [7, 11) is 0. The standard InChI is InChI=1S/C23H30N2O3/c1-6-17(5)24-22(26)18-10-8-9-11-19(18)25-23(27)20(7-2)28-21-14-15(3)12-13-16(21)4/h8-14,17,20H,6-7H2,1-5H3,(H,24,26)(H,25,27)/t17-,20-/m0/s1. The highest BCUT2D eigenvalue weighted by Gasteiger charge is 2.22. The Bertz CT molecular complexity index is 832. The van der Waals surface area contributed by atoms with Crippen molar-refractivity contribution in [3.05, 3.63) is 59.2 Å². The normalized spacial score (nSPS) is 12.8. The lowest BCUT2D eigenvalue weighted by atomic mass is 10.1. The van der Waals surface area contributed by atoms with E-state index in [2.05, 4.69) is 10.6 Å². The topological polar surface area (TPSA) is 67.4 Å². The molecular formula is C23H30N2O3. The quantitative estimate of drug-likeness (QED) is 0.699. The van der Waals surface area contributed by atoms with E-state index in [1.54, 1.807) is 24.3 Å². The molecule has 5 heteroatoms. The van der Waals surface area contributed by atoms with Gasteiger partial charge in [-0.3, -0.25) is 9.59 Å². The Labute approximate surface area is 167 Å². The lowest BCUT2D eigenvalue weighted by molar-refractivity contribution is -0.122. The molecule has 0 spiro atoms. The van der Waals surface area contributed by atoms with Crippen LogP contribution in [0.5, 0.6) is 5.75 Å². The molecule has 2 aromatic rings. The fourth-order valence-corrected chi connectivity index (χ4v) is 2.72. The number of rotatable bonds is 8. The van der Waals surface area contributed by atoms with Crippen LogP contribution >= 0.6 is 0 Å². The number of anilines is 1. The van der Waals surface area contributed by atoms with Crippen LogP contribution in [0, 0.1) is 13.8 Å². The van der Waals surface area contributed by atoms with Gasteiger partial charge in [-0.2, -0.15) is 0 Å². The summed E-state index contributed by atoms with van der Waals surface area (Å²) in [5.41, 5.74) is 2.97. The largest absolute Gasteiger partial charge is 0.480 e. The molecule has 0 heterocycles. The van der Waals surface area contributed by atoms with Gasteiger partial charge >= 0.3 is 0 Å². The second kappa shape index (κ2) is 9.93. The highest BCUT2D eigenvalue weighted by atomic mass is 16.5. The monoisotopic (exact) mass is 382 g/mol. The smallest absolute Gasteiger partial charge is 0.265 e. The number of hydrogen-bond donors (Lipinski definition) is 2. The molecule has 0 saturated carbocycles. The summed E-state index contributed by atoms with van der Waals surface area (Å²) in [6.07, 6.45) is 0.702. The Hall–Kier alpha value is -2.82. The minimum Gasteiger partial charge on any atom is -0.480 e. The van der Waals surface area contributed by atoms with E-state index >= 15 is 0 Å². The molecule has 0 aliphatic carbocycles. The second-order valence-corrected chi connectivity index (χ2v) is 7.10. The predicted octanol–water partition coefficient (Wildman–Crippen LogP) is 4.63. The molecule has 28 heavy (non-hydrogen) atoms. The first kappa shape index (κ1) is 21.5. The molecule has 2 atom stereocenters. The zero-order valence-corrected chi connectivity index (χ0v) is 17.3. The summed E-state index contributed by atoms with van der Waals surface area (Å²) in [5, 5.41) is 5.80. The lowest BCUT2D eigenvalue weighted by Gasteiger charge is -2.20. The van der Waals surface area contributed by atoms with E-state index in [-0.39, 0.29) is 17.9 Å². The van der Waals surface area contributed by atoms with Crippen LogP contribution in [0.15, 0.2) is 42.5 Å². The van der Waals surface area contributed by atoms with Gasteiger partial charge in [-0.1, -0.05) is 38.1 Å². The maximum absolute atomic E-state index is 12.8. The number of benzene rings is 2. The molecule has 0 bridgehead atoms. The Balaban J connectivity index is 2.16. The zero-order chi connectivity index (χ0) is 20.7. The molecule has 0 fully saturated rings. The molecule has 0 aliphatic rings. The van der Waals surface area contributed by atoms with E-state index in [0.29, 0.717) is 23.4 Å². The van der Waals surface area contributed by atoms with E-state index in [1.807, 2.05) is 52.8 Å². The summed E-state index contributed by atoms with van der Waals surface area (Å²) in [6, 6.07) is 13.0. The second-order valence-electron chi connectivity index (χ2n) is 7.10. The van der Waals surface area contributed by atoms with Crippen LogP contribution in [0.1, 0.15) is 55.1 Å². The SMILES string of the molecule is CC[C@H](Oc1cc(C)ccc1C)C(=O)Nc1ccccc1C(=O)N[C@@H](C)CC. The van der Waals surface area contributed by atoms with Crippen LogP contribution in [0.2, 0.25) is 0 Å². The predicted molar refractivity (Wildman–Crippen MR) is 113 cm³/mol. The fourth-order valence-electron chi connectivity index (χ4n) is 2.72. The van der Waals surface area contributed by atoms with E-state index in [4.69, 9.17) is 4.74 Å². The van der Waals surface area contributed by atoms with Crippen molar-refractivity contribution in [2.24, 2.45) is 0 Å². The van der Waals surface area contributed by atoms with Crippen molar-refractivity contribution in [1.29, 1.82) is 0 Å². The summed E-state index contributed by atoms with van der Waals surface area (Å²) in [6.45, 7) is 9.80. The lowest BCUT2D eigenvalue weighted by Crippen LogP contribution is -2.35. The van der Waals surface area contributed by atoms with Crippen LogP contribution < -0.4 is 15.4 Å². The Morgan fingerprint density at radius 2 is 1.75 bits per heavy atom. The van der Waals surface area contributed by atoms with E-state index in [0.717, 1.165) is 17.5 Å². The molecule has 0 saturated heterocycles. The first-order valence-electron chi connectivity index (χ1n) is 9.80. The molecule has 2 N–H and O–H groups in total. The Morgan fingerprint density at radius 1 is 1.04 bits per heavy atom. The van der Waals surface area contributed by atoms with Crippen molar-refractivity contribution in [1.82, 2.24) is 5.32 Å². The van der Waals surface area contributed by atoms with Gasteiger partial charge in [-0.15, -0.1) is 0 Å². The highest BCUT2D eigenvalue weighted by molar-refractivity contribution is 6.04. The average Bonchev–Trinajstić information content (AvgIpc) is 2.68. The third kappa shape index (κ3) is 5.59. The number of carbonyl (C=O) groups is 2. The maximum atomic E-state index is 12.8. The minimum absolute atomic E-state index is 0.0623. The fraction of sp³-hybridized carbons (Fsp3) is 0.391. The number of ether oxygens (including phenoxy) is 1. The third-order valence-electron chi connectivity index (χ3n) is 4.70. The molecule has 2 amide bonds. The van der Waals surface area contributed by atoms with E-state index in [9.17, 15) is 9.59 Å². The highest BCUT2D eigenvalue weighted by Crippen LogP contribution is 2.22. The molecule has 0 unspecified atom stereocenters. The van der Waals surface area contributed by atoms with Gasteiger partial charge in [0.25, 0.3) is 11.8 Å². The minimum atomic E-state index is -0.647. The number of hydrogen-bond acceptors (Lipinski definition) is 3. The summed E-state index contributed by atoms with van der Waals surface area (Å²) in [4.78, 5) is 25.4. The first-order valence-corrected chi connectivity index (χ1v) is 9.80. The molecule has 0 aromatic heterocycles. The Morgan fingerprint density at radius 3 is 2.43 bits per heavy atom. The van der Waals surface area contributed by atoms with Crippen molar-refractivity contribution in [2.75, 3.05) is 5.32 Å². The van der Waals surface area contributed by atoms with Crippen molar-refractivity contribution >= 4 is 17.5 Å². The van der Waals surface area contributed by atoms with Gasteiger partial charge in [0, 0.05) is 6.04 Å². The molecule has 5 nitrogen and oxygen atoms in total. The number of amides is 2. The van der Waals surface area contributed by atoms with Gasteiger partial charge in [-0.05, 0) is 62.9 Å². The van der Waals surface area contributed by atoms with Gasteiger partial charge < -0.3 is 15.4 Å². The number of para-hydroxylation sites is 1. The Kier molecular flexibility index (Phi) is 7.61. The van der Waals surface area contributed by atoms with Crippen LogP contribution in [0.4, 0.5) is 5.69 Å². The summed E-state index contributed by atoms with van der Waals surface area (Å²) >= 11 is 0. The van der Waals surface area contributed by atoms with Gasteiger partial charge in [0.1, 0.15) is 5.75 Å². The third-order valence-corrected chi connectivity index (χ3v) is 4.70. The van der Waals surface area contributed by atoms with E-state index in [1.165, 1.54) is 0 Å². The van der Waals surface area contributed by atoms with Crippen LogP contribution in [-0.4, -0.2) is 24.0 Å². The van der Waals surface area contributed by atoms with Crippen molar-refractivity contribution in [2.45, 2.75) is 59.6 Å². The molecule has 0 radical (unpaired) electrons. The van der Waals surface area contributed by atoms with Crippen molar-refractivity contribution in [3.8, 4) is 5.75 Å². The zero-order valence-electron chi connectivity index (χ0n) is 17.3. The van der Waals surface area contributed by atoms with Gasteiger partial charge in [0.05, 0.1) is 11.3 Å². The molecular weight excluding hydrogens is 352 g/mol. The van der Waals surface area contributed by atoms with Gasteiger partial charge in [-0.25, -0.2) is 0 Å². The van der Waals surface area contributed by atoms with Crippen molar-refractivity contribution < 1.29 is 14.3 Å². The summed E-state index contributed by atoms with van der Waals surface area (Å²) in [5.74, 6) is 0.228. The van der Waals surface area contributed by atoms with Crippen molar-refractivity contribution in [3.63, 3.8) is 0 Å². The molecule has 0 aliphatic heterocycles. The van der Waals surface area contributed by atoms with E-state index < -0.39 is 6.10 Å². The van der Waals surface area contributed by atoms with Crippen LogP contribution in [-0.2, 0) is 4.79 Å². The average molecular weight is 383 g/mol. The van der Waals surface area contributed by atoms with Crippen LogP contribution in [0.3, 0.4) is 0 Å². The molecule has 150 valence electrons. The van der Waals surface area contributed by atoms with Crippen LogP contribution in [0.25, 0.3) is 0 Å². The number of carbonyl (C=O) groups excluding carboxylic acids is 2. The van der Waals surface area contributed by atoms with Gasteiger partial charge in [0.2, 0.25) is 0 Å².